The van der Waals surface area contributed by atoms with Gasteiger partial charge in [0.05, 0.1) is 0 Å². The van der Waals surface area contributed by atoms with Crippen molar-refractivity contribution in [3.63, 3.8) is 0 Å². The molecule has 0 spiro atoms. The molecule has 0 rings (SSSR count). The van der Waals surface area contributed by atoms with Crippen molar-refractivity contribution in [3.05, 3.63) is 0 Å². The van der Waals surface area contributed by atoms with E-state index in [2.05, 4.69) is 26.1 Å². The molecule has 0 heterocycles. The molecule has 0 radical (unpaired) electrons. The van der Waals surface area contributed by atoms with Crippen LogP contribution in [0.3, 0.4) is 0 Å². The lowest BCUT2D eigenvalue weighted by Gasteiger charge is -2.06. The number of amides is 2. The molecule has 0 aromatic carbocycles. The Morgan fingerprint density at radius 2 is 0.321 bits per heavy atom. The van der Waals surface area contributed by atoms with Crippen molar-refractivity contribution in [1.82, 2.24) is 5.32 Å². The van der Waals surface area contributed by atoms with Gasteiger partial charge in [0.25, 0.3) is 0 Å². The topological polar surface area (TPSA) is 72.2 Å². The number of carbonyl (C=O) groups excluding carboxylic acids is 2. The molecule has 0 bridgehead atoms. The maximum atomic E-state index is 12.2. The van der Waals surface area contributed by atoms with Crippen molar-refractivity contribution in [2.45, 2.75) is 496 Å². The van der Waals surface area contributed by atoms with E-state index >= 15 is 0 Å². The fourth-order valence-electron chi connectivity index (χ4n) is 12.9. The van der Waals surface area contributed by atoms with Crippen LogP contribution in [-0.2, 0) is 9.59 Å². The van der Waals surface area contributed by atoms with Gasteiger partial charge in [-0.1, -0.05) is 464 Å². The smallest absolute Gasteiger partial charge is 0.219 e. The van der Waals surface area contributed by atoms with Gasteiger partial charge in [-0.3, -0.25) is 9.59 Å². The van der Waals surface area contributed by atoms with Gasteiger partial charge in [-0.25, -0.2) is 0 Å². The summed E-state index contributed by atoms with van der Waals surface area (Å²) in [5.74, 6) is 0.136. The summed E-state index contributed by atoms with van der Waals surface area (Å²) < 4.78 is 0. The molecule has 84 heavy (non-hydrogen) atoms. The summed E-state index contributed by atoms with van der Waals surface area (Å²) in [5.41, 5.74) is 5.15. The molecule has 504 valence electrons. The van der Waals surface area contributed by atoms with E-state index in [4.69, 9.17) is 5.73 Å². The Labute approximate surface area is 532 Å². The zero-order valence-electron chi connectivity index (χ0n) is 58.9. The highest BCUT2D eigenvalue weighted by atomic mass is 16.1. The van der Waals surface area contributed by atoms with Crippen LogP contribution in [0.25, 0.3) is 0 Å². The van der Waals surface area contributed by atoms with Crippen molar-refractivity contribution in [1.29, 1.82) is 0 Å². The first-order valence-electron chi connectivity index (χ1n) is 40.1. The molecule has 0 saturated heterocycles. The highest BCUT2D eigenvalue weighted by molar-refractivity contribution is 5.75. The van der Waals surface area contributed by atoms with Gasteiger partial charge in [0.1, 0.15) is 0 Å². The summed E-state index contributed by atoms with van der Waals surface area (Å²) in [5, 5.41) is 3.18. The van der Waals surface area contributed by atoms with E-state index in [0.717, 1.165) is 32.2 Å². The van der Waals surface area contributed by atoms with Gasteiger partial charge in [0.15, 0.2) is 0 Å². The highest BCUT2D eigenvalue weighted by Gasteiger charge is 2.03. The molecule has 0 unspecified atom stereocenters. The van der Waals surface area contributed by atoms with E-state index in [1.807, 2.05) is 0 Å². The normalized spacial score (nSPS) is 11.4. The molecule has 0 fully saturated rings. The lowest BCUT2D eigenvalue weighted by atomic mass is 10.0. The molecular weight excluding hydrogens is 1020 g/mol. The van der Waals surface area contributed by atoms with Gasteiger partial charge in [-0.05, 0) is 19.3 Å². The predicted molar refractivity (Wildman–Crippen MR) is 381 cm³/mol. The van der Waals surface area contributed by atoms with Crippen LogP contribution in [0.1, 0.15) is 496 Å². The maximum Gasteiger partial charge on any atom is 0.219 e. The predicted octanol–water partition coefficient (Wildman–Crippen LogP) is 28.5. The lowest BCUT2D eigenvalue weighted by molar-refractivity contribution is -0.121. The van der Waals surface area contributed by atoms with Crippen LogP contribution in [0.15, 0.2) is 0 Å². The molecular formula is C80H162N2O2. The van der Waals surface area contributed by atoms with E-state index in [0.29, 0.717) is 6.42 Å². The second-order valence-corrected chi connectivity index (χ2v) is 27.7. The first-order chi connectivity index (χ1) is 41.6. The maximum absolute atomic E-state index is 12.2. The Bertz CT molecular complexity index is 1160. The Kier molecular flexibility index (Phi) is 82.9. The van der Waals surface area contributed by atoms with E-state index in [9.17, 15) is 9.59 Å². The lowest BCUT2D eigenvalue weighted by Crippen LogP contribution is -2.23. The number of nitrogens with one attached hydrogen (secondary N) is 1. The summed E-state index contributed by atoms with van der Waals surface area (Å²) >= 11 is 0. The average Bonchev–Trinajstić information content (AvgIpc) is 3.49. The van der Waals surface area contributed by atoms with Crippen LogP contribution < -0.4 is 11.1 Å². The summed E-state index contributed by atoms with van der Waals surface area (Å²) in [7, 11) is 0. The molecule has 2 amide bonds. The summed E-state index contributed by atoms with van der Waals surface area (Å²) in [6.07, 6.45) is 103. The Morgan fingerprint density at radius 3 is 0.476 bits per heavy atom. The largest absolute Gasteiger partial charge is 0.370 e. The third-order valence-electron chi connectivity index (χ3n) is 18.9. The van der Waals surface area contributed by atoms with Crippen LogP contribution in [0.2, 0.25) is 0 Å². The third-order valence-corrected chi connectivity index (χ3v) is 18.9. The fourth-order valence-corrected chi connectivity index (χ4v) is 12.9. The first-order valence-corrected chi connectivity index (χ1v) is 40.1. The second kappa shape index (κ2) is 81.9. The average molecular weight is 1180 g/mol. The van der Waals surface area contributed by atoms with Crippen LogP contribution in [0.4, 0.5) is 0 Å². The molecule has 4 nitrogen and oxygen atoms in total. The van der Waals surface area contributed by atoms with Gasteiger partial charge < -0.3 is 11.1 Å². The summed E-state index contributed by atoms with van der Waals surface area (Å²) in [6, 6.07) is 0. The third kappa shape index (κ3) is 85.1. The monoisotopic (exact) mass is 1180 g/mol. The minimum Gasteiger partial charge on any atom is -0.370 e. The number of nitrogens with two attached hydrogens (primary N) is 1. The number of carbonyl (C=O) groups is 2. The Hall–Kier alpha value is -1.06. The zero-order chi connectivity index (χ0) is 60.9. The molecule has 4 heteroatoms. The SMILES string of the molecule is CCCCCCCCCCCCCCCCCCCCCCCCCCC(N)=O.CCCCCCCCCCCCCCCCCCCCCCCCCCNC(=O)CCCCCCCCCCCCCCCCCCCCCCCCCC. The van der Waals surface area contributed by atoms with Crippen LogP contribution in [-0.4, -0.2) is 18.4 Å². The van der Waals surface area contributed by atoms with Gasteiger partial charge in [0.2, 0.25) is 11.8 Å². The quantitative estimate of drug-likeness (QED) is 0.0596. The van der Waals surface area contributed by atoms with Gasteiger partial charge in [-0.15, -0.1) is 0 Å². The zero-order valence-corrected chi connectivity index (χ0v) is 58.9. The van der Waals surface area contributed by atoms with Crippen molar-refractivity contribution >= 4 is 11.8 Å². The van der Waals surface area contributed by atoms with Crippen molar-refractivity contribution < 1.29 is 9.59 Å². The molecule has 0 atom stereocenters. The first kappa shape index (κ1) is 85.0. The summed E-state index contributed by atoms with van der Waals surface area (Å²) in [4.78, 5) is 22.8. The number of unbranched alkanes of at least 4 members (excludes halogenated alkanes) is 69. The molecule has 0 aliphatic heterocycles. The van der Waals surface area contributed by atoms with E-state index in [-0.39, 0.29) is 11.8 Å². The van der Waals surface area contributed by atoms with Crippen molar-refractivity contribution in [2.24, 2.45) is 5.73 Å². The van der Waals surface area contributed by atoms with Gasteiger partial charge in [-0.2, -0.15) is 0 Å². The highest BCUT2D eigenvalue weighted by Crippen LogP contribution is 2.20. The van der Waals surface area contributed by atoms with Crippen LogP contribution in [0, 0.1) is 0 Å². The number of primary amides is 1. The summed E-state index contributed by atoms with van der Waals surface area (Å²) in [6.45, 7) is 7.79. The van der Waals surface area contributed by atoms with Crippen molar-refractivity contribution in [3.8, 4) is 0 Å². The van der Waals surface area contributed by atoms with E-state index in [1.165, 1.54) is 443 Å². The number of rotatable bonds is 75. The molecule has 0 aromatic rings. The molecule has 0 aliphatic rings. The van der Waals surface area contributed by atoms with Gasteiger partial charge in [0, 0.05) is 19.4 Å². The Balaban J connectivity index is 0. The standard InChI is InChI=1S/C53H107NO.C27H55NO/c1-3-5-7-9-11-13-15-17-19-21-23-25-27-29-31-33-35-37-39-41-43-45-47-49-51-53(55)54-52-50-48-46-44-42-40-38-36-34-32-30-28-26-24-22-20-18-16-14-12-10-8-6-4-2;1-2-3-4-5-6-7-8-9-10-11-12-13-14-15-16-17-18-19-20-21-22-23-24-25-26-27(28)29/h3-52H2,1-2H3,(H,54,55);2-26H2,1H3,(H2,28,29). The van der Waals surface area contributed by atoms with Gasteiger partial charge >= 0.3 is 0 Å². The molecule has 0 aromatic heterocycles. The van der Waals surface area contributed by atoms with Crippen LogP contribution in [0.5, 0.6) is 0 Å². The van der Waals surface area contributed by atoms with Crippen LogP contribution >= 0.6 is 0 Å². The Morgan fingerprint density at radius 1 is 0.190 bits per heavy atom. The van der Waals surface area contributed by atoms with E-state index < -0.39 is 0 Å². The molecule has 3 N–H and O–H groups in total. The van der Waals surface area contributed by atoms with E-state index in [1.54, 1.807) is 0 Å². The minimum atomic E-state index is -0.149. The molecule has 0 saturated carbocycles. The molecule has 0 aliphatic carbocycles. The number of hydrogen-bond acceptors (Lipinski definition) is 2. The number of hydrogen-bond donors (Lipinski definition) is 2. The van der Waals surface area contributed by atoms with Crippen molar-refractivity contribution in [2.75, 3.05) is 6.54 Å². The second-order valence-electron chi connectivity index (χ2n) is 27.7. The fraction of sp³-hybridized carbons (Fsp3) is 0.975. The minimum absolute atomic E-state index is 0.149.